The van der Waals surface area contributed by atoms with E-state index < -0.39 is 4.92 Å². The summed E-state index contributed by atoms with van der Waals surface area (Å²) in [5.74, 6) is 0.462. The van der Waals surface area contributed by atoms with E-state index >= 15 is 0 Å². The zero-order valence-electron chi connectivity index (χ0n) is 11.5. The fraction of sp³-hybridized carbons (Fsp3) is 0.200. The number of hydrogen-bond acceptors (Lipinski definition) is 4. The van der Waals surface area contributed by atoms with Crippen LogP contribution >= 0.6 is 0 Å². The Hall–Kier alpha value is -2.47. The zero-order chi connectivity index (χ0) is 15.2. The standard InChI is InChI=1S/C15H15FN2O3/c1-2-17-10-13-14(16)4-3-5-15(13)21-12-8-6-11(7-9-12)18(19)20/h3-9,17H,2,10H2,1H3. The SMILES string of the molecule is CCNCc1c(F)cccc1Oc1ccc([N+](=O)[O-])cc1. The van der Waals surface area contributed by atoms with Crippen LogP contribution in [0.15, 0.2) is 42.5 Å². The molecule has 2 rings (SSSR count). The summed E-state index contributed by atoms with van der Waals surface area (Å²) in [6, 6.07) is 10.3. The predicted molar refractivity (Wildman–Crippen MR) is 77.0 cm³/mol. The zero-order valence-corrected chi connectivity index (χ0v) is 11.5. The number of nitro benzene ring substituents is 1. The van der Waals surface area contributed by atoms with Gasteiger partial charge < -0.3 is 10.1 Å². The van der Waals surface area contributed by atoms with Gasteiger partial charge in [0.25, 0.3) is 5.69 Å². The van der Waals surface area contributed by atoms with E-state index in [0.29, 0.717) is 30.2 Å². The van der Waals surface area contributed by atoms with Crippen LogP contribution in [0.1, 0.15) is 12.5 Å². The molecule has 0 saturated heterocycles. The lowest BCUT2D eigenvalue weighted by Gasteiger charge is -2.12. The molecule has 5 nitrogen and oxygen atoms in total. The number of nitrogens with one attached hydrogen (secondary N) is 1. The van der Waals surface area contributed by atoms with Crippen molar-refractivity contribution < 1.29 is 14.1 Å². The molecular weight excluding hydrogens is 275 g/mol. The predicted octanol–water partition coefficient (Wildman–Crippen LogP) is 3.64. The van der Waals surface area contributed by atoms with E-state index in [4.69, 9.17) is 4.74 Å². The minimum absolute atomic E-state index is 0.0190. The Labute approximate surface area is 121 Å². The molecule has 0 fully saturated rings. The Balaban J connectivity index is 2.22. The molecule has 0 radical (unpaired) electrons. The highest BCUT2D eigenvalue weighted by atomic mass is 19.1. The lowest BCUT2D eigenvalue weighted by molar-refractivity contribution is -0.384. The number of nitrogens with zero attached hydrogens (tertiary/aromatic N) is 1. The number of rotatable bonds is 6. The monoisotopic (exact) mass is 290 g/mol. The number of nitro groups is 1. The summed E-state index contributed by atoms with van der Waals surface area (Å²) in [6.45, 7) is 2.99. The molecule has 1 N–H and O–H groups in total. The van der Waals surface area contributed by atoms with Crippen molar-refractivity contribution in [2.24, 2.45) is 0 Å². The molecule has 0 unspecified atom stereocenters. The van der Waals surface area contributed by atoms with Gasteiger partial charge in [-0.2, -0.15) is 0 Å². The van der Waals surface area contributed by atoms with Gasteiger partial charge in [-0.05, 0) is 30.8 Å². The molecular formula is C15H15FN2O3. The van der Waals surface area contributed by atoms with Crippen molar-refractivity contribution in [1.29, 1.82) is 0 Å². The topological polar surface area (TPSA) is 64.4 Å². The summed E-state index contributed by atoms with van der Waals surface area (Å²) in [7, 11) is 0. The molecule has 0 heterocycles. The summed E-state index contributed by atoms with van der Waals surface area (Å²) in [5.41, 5.74) is 0.409. The van der Waals surface area contributed by atoms with Gasteiger partial charge in [0, 0.05) is 24.2 Å². The number of benzene rings is 2. The van der Waals surface area contributed by atoms with Gasteiger partial charge in [-0.25, -0.2) is 4.39 Å². The van der Waals surface area contributed by atoms with Crippen LogP contribution in [-0.2, 0) is 6.54 Å². The van der Waals surface area contributed by atoms with Gasteiger partial charge in [-0.1, -0.05) is 13.0 Å². The Morgan fingerprint density at radius 3 is 2.57 bits per heavy atom. The van der Waals surface area contributed by atoms with Crippen LogP contribution < -0.4 is 10.1 Å². The minimum atomic E-state index is -0.484. The third-order valence-electron chi connectivity index (χ3n) is 2.90. The molecule has 0 atom stereocenters. The molecule has 0 aliphatic carbocycles. The third-order valence-corrected chi connectivity index (χ3v) is 2.90. The van der Waals surface area contributed by atoms with Gasteiger partial charge in [-0.15, -0.1) is 0 Å². The second-order valence-corrected chi connectivity index (χ2v) is 4.35. The van der Waals surface area contributed by atoms with Crippen LogP contribution in [0.3, 0.4) is 0 Å². The van der Waals surface area contributed by atoms with Crippen molar-refractivity contribution in [1.82, 2.24) is 5.32 Å². The molecule has 0 aliphatic rings. The number of hydrogen-bond donors (Lipinski definition) is 1. The molecule has 0 aromatic heterocycles. The summed E-state index contributed by atoms with van der Waals surface area (Å²) < 4.78 is 19.5. The highest BCUT2D eigenvalue weighted by Crippen LogP contribution is 2.28. The maximum atomic E-state index is 13.8. The minimum Gasteiger partial charge on any atom is -0.457 e. The van der Waals surface area contributed by atoms with E-state index in [9.17, 15) is 14.5 Å². The van der Waals surface area contributed by atoms with Gasteiger partial charge in [0.1, 0.15) is 17.3 Å². The van der Waals surface area contributed by atoms with E-state index in [1.54, 1.807) is 12.1 Å². The fourth-order valence-electron chi connectivity index (χ4n) is 1.82. The number of non-ortho nitro benzene ring substituents is 1. The van der Waals surface area contributed by atoms with Crippen molar-refractivity contribution in [2.75, 3.05) is 6.54 Å². The Kier molecular flexibility index (Phi) is 4.84. The Morgan fingerprint density at radius 2 is 1.95 bits per heavy atom. The van der Waals surface area contributed by atoms with Crippen molar-refractivity contribution in [2.45, 2.75) is 13.5 Å². The summed E-state index contributed by atoms with van der Waals surface area (Å²) >= 11 is 0. The summed E-state index contributed by atoms with van der Waals surface area (Å²) in [4.78, 5) is 10.1. The normalized spacial score (nSPS) is 10.4. The largest absolute Gasteiger partial charge is 0.457 e. The van der Waals surface area contributed by atoms with Gasteiger partial charge in [0.15, 0.2) is 0 Å². The van der Waals surface area contributed by atoms with E-state index in [2.05, 4.69) is 5.32 Å². The van der Waals surface area contributed by atoms with Crippen molar-refractivity contribution in [3.05, 3.63) is 64.0 Å². The van der Waals surface area contributed by atoms with Crippen LogP contribution in [0.4, 0.5) is 10.1 Å². The van der Waals surface area contributed by atoms with E-state index in [-0.39, 0.29) is 11.5 Å². The van der Waals surface area contributed by atoms with E-state index in [1.165, 1.54) is 30.3 Å². The second kappa shape index (κ2) is 6.81. The molecule has 2 aromatic carbocycles. The first kappa shape index (κ1) is 14.9. The maximum Gasteiger partial charge on any atom is 0.269 e. The highest BCUT2D eigenvalue weighted by Gasteiger charge is 2.11. The first-order valence-corrected chi connectivity index (χ1v) is 6.52. The molecule has 0 aliphatic heterocycles. The molecule has 0 spiro atoms. The molecule has 0 bridgehead atoms. The van der Waals surface area contributed by atoms with Gasteiger partial charge in [0.2, 0.25) is 0 Å². The molecule has 6 heteroatoms. The fourth-order valence-corrected chi connectivity index (χ4v) is 1.82. The van der Waals surface area contributed by atoms with Gasteiger partial charge in [-0.3, -0.25) is 10.1 Å². The van der Waals surface area contributed by atoms with E-state index in [0.717, 1.165) is 0 Å². The average Bonchev–Trinajstić information content (AvgIpc) is 2.47. The molecule has 0 amide bonds. The quantitative estimate of drug-likeness (QED) is 0.651. The summed E-state index contributed by atoms with van der Waals surface area (Å²) in [5, 5.41) is 13.6. The van der Waals surface area contributed by atoms with Gasteiger partial charge >= 0.3 is 0 Å². The van der Waals surface area contributed by atoms with Crippen LogP contribution in [0, 0.1) is 15.9 Å². The van der Waals surface area contributed by atoms with Crippen LogP contribution in [0.25, 0.3) is 0 Å². The van der Waals surface area contributed by atoms with Crippen LogP contribution in [0.2, 0.25) is 0 Å². The first-order valence-electron chi connectivity index (χ1n) is 6.52. The van der Waals surface area contributed by atoms with Crippen LogP contribution in [-0.4, -0.2) is 11.5 Å². The number of halogens is 1. The summed E-state index contributed by atoms with van der Waals surface area (Å²) in [6.07, 6.45) is 0. The van der Waals surface area contributed by atoms with Crippen LogP contribution in [0.5, 0.6) is 11.5 Å². The Morgan fingerprint density at radius 1 is 1.24 bits per heavy atom. The average molecular weight is 290 g/mol. The highest BCUT2D eigenvalue weighted by molar-refractivity contribution is 5.41. The Bertz CT molecular complexity index is 629. The molecule has 110 valence electrons. The first-order chi connectivity index (χ1) is 10.1. The van der Waals surface area contributed by atoms with Gasteiger partial charge in [0.05, 0.1) is 4.92 Å². The molecule has 0 saturated carbocycles. The van der Waals surface area contributed by atoms with Crippen molar-refractivity contribution in [3.8, 4) is 11.5 Å². The van der Waals surface area contributed by atoms with Crippen molar-refractivity contribution in [3.63, 3.8) is 0 Å². The third kappa shape index (κ3) is 3.76. The number of ether oxygens (including phenoxy) is 1. The lowest BCUT2D eigenvalue weighted by Crippen LogP contribution is -2.13. The molecule has 2 aromatic rings. The van der Waals surface area contributed by atoms with E-state index in [1.807, 2.05) is 6.92 Å². The second-order valence-electron chi connectivity index (χ2n) is 4.35. The molecule has 21 heavy (non-hydrogen) atoms. The van der Waals surface area contributed by atoms with Crippen molar-refractivity contribution >= 4 is 5.69 Å². The maximum absolute atomic E-state index is 13.8. The lowest BCUT2D eigenvalue weighted by atomic mass is 10.2. The smallest absolute Gasteiger partial charge is 0.269 e.